The molecule has 0 aromatic carbocycles. The quantitative estimate of drug-likeness (QED) is 0.568. The molecule has 3 N–H and O–H groups in total. The van der Waals surface area contributed by atoms with E-state index in [0.29, 0.717) is 6.54 Å². The standard InChI is InChI=1S/C9H16N2O3S/c1-3-4-10-9(14)11-8(13)6-15-7(2)5-12/h3,7,12H,1,4-6H2,2H3,(H2,10,11,13,14). The van der Waals surface area contributed by atoms with E-state index >= 15 is 0 Å². The van der Waals surface area contributed by atoms with E-state index in [0.717, 1.165) is 0 Å². The third kappa shape index (κ3) is 8.02. The molecule has 86 valence electrons. The number of aliphatic hydroxyl groups excluding tert-OH is 1. The fraction of sp³-hybridized carbons (Fsp3) is 0.556. The van der Waals surface area contributed by atoms with Crippen LogP contribution in [-0.4, -0.2) is 41.2 Å². The predicted octanol–water partition coefficient (Wildman–Crippen LogP) is 0.112. The highest BCUT2D eigenvalue weighted by Crippen LogP contribution is 2.07. The SMILES string of the molecule is C=CCNC(=O)NC(=O)CSC(C)CO. The Balaban J connectivity index is 3.64. The summed E-state index contributed by atoms with van der Waals surface area (Å²) in [6.07, 6.45) is 1.52. The summed E-state index contributed by atoms with van der Waals surface area (Å²) in [6, 6.07) is -0.530. The summed E-state index contributed by atoms with van der Waals surface area (Å²) >= 11 is 1.29. The number of hydrogen-bond acceptors (Lipinski definition) is 4. The monoisotopic (exact) mass is 232 g/mol. The first-order valence-electron chi connectivity index (χ1n) is 4.51. The van der Waals surface area contributed by atoms with Crippen LogP contribution in [0.25, 0.3) is 0 Å². The van der Waals surface area contributed by atoms with Gasteiger partial charge in [-0.3, -0.25) is 10.1 Å². The molecule has 0 aromatic rings. The van der Waals surface area contributed by atoms with Crippen LogP contribution in [-0.2, 0) is 4.79 Å². The van der Waals surface area contributed by atoms with Crippen molar-refractivity contribution >= 4 is 23.7 Å². The molecule has 1 atom stereocenters. The summed E-state index contributed by atoms with van der Waals surface area (Å²) in [5.74, 6) is -0.217. The average Bonchev–Trinajstić information content (AvgIpc) is 2.22. The summed E-state index contributed by atoms with van der Waals surface area (Å²) in [6.45, 7) is 5.56. The van der Waals surface area contributed by atoms with E-state index in [1.54, 1.807) is 6.92 Å². The zero-order chi connectivity index (χ0) is 11.7. The Morgan fingerprint density at radius 3 is 2.80 bits per heavy atom. The fourth-order valence-electron chi connectivity index (χ4n) is 0.642. The van der Waals surface area contributed by atoms with Crippen LogP contribution in [0.15, 0.2) is 12.7 Å². The van der Waals surface area contributed by atoms with Crippen molar-refractivity contribution in [1.82, 2.24) is 10.6 Å². The third-order valence-corrected chi connectivity index (χ3v) is 2.56. The molecule has 0 heterocycles. The zero-order valence-electron chi connectivity index (χ0n) is 8.66. The number of amides is 3. The molecule has 0 rings (SSSR count). The number of carbonyl (C=O) groups excluding carboxylic acids is 2. The summed E-state index contributed by atoms with van der Waals surface area (Å²) in [5, 5.41) is 13.3. The molecule has 0 aliphatic heterocycles. The van der Waals surface area contributed by atoms with Crippen molar-refractivity contribution in [3.05, 3.63) is 12.7 Å². The van der Waals surface area contributed by atoms with Crippen LogP contribution in [0.5, 0.6) is 0 Å². The second-order valence-electron chi connectivity index (χ2n) is 2.85. The van der Waals surface area contributed by atoms with Gasteiger partial charge in [0.25, 0.3) is 0 Å². The first-order chi connectivity index (χ1) is 7.10. The Kier molecular flexibility index (Phi) is 7.75. The van der Waals surface area contributed by atoms with Gasteiger partial charge in [-0.05, 0) is 0 Å². The van der Waals surface area contributed by atoms with E-state index in [1.807, 2.05) is 0 Å². The highest BCUT2D eigenvalue weighted by Gasteiger charge is 2.08. The lowest BCUT2D eigenvalue weighted by Gasteiger charge is -2.07. The molecular weight excluding hydrogens is 216 g/mol. The number of urea groups is 1. The summed E-state index contributed by atoms with van der Waals surface area (Å²) < 4.78 is 0. The molecule has 15 heavy (non-hydrogen) atoms. The lowest BCUT2D eigenvalue weighted by molar-refractivity contribution is -0.117. The molecule has 0 aromatic heterocycles. The maximum atomic E-state index is 11.1. The molecule has 0 saturated carbocycles. The van der Waals surface area contributed by atoms with Gasteiger partial charge in [-0.25, -0.2) is 4.79 Å². The normalized spacial score (nSPS) is 11.6. The van der Waals surface area contributed by atoms with Crippen LogP contribution >= 0.6 is 11.8 Å². The molecule has 0 saturated heterocycles. The van der Waals surface area contributed by atoms with Crippen molar-refractivity contribution in [1.29, 1.82) is 0 Å². The van der Waals surface area contributed by atoms with E-state index in [9.17, 15) is 9.59 Å². The van der Waals surface area contributed by atoms with E-state index < -0.39 is 6.03 Å². The van der Waals surface area contributed by atoms with Crippen LogP contribution in [0, 0.1) is 0 Å². The molecule has 0 fully saturated rings. The lowest BCUT2D eigenvalue weighted by Crippen LogP contribution is -2.40. The van der Waals surface area contributed by atoms with Gasteiger partial charge in [0.1, 0.15) is 0 Å². The molecule has 3 amide bonds. The zero-order valence-corrected chi connectivity index (χ0v) is 9.47. The van der Waals surface area contributed by atoms with Crippen LogP contribution < -0.4 is 10.6 Å². The second kappa shape index (κ2) is 8.31. The molecule has 0 radical (unpaired) electrons. The number of rotatable bonds is 6. The Morgan fingerprint density at radius 2 is 2.27 bits per heavy atom. The topological polar surface area (TPSA) is 78.4 Å². The Labute approximate surface area is 93.3 Å². The minimum absolute atomic E-state index is 0.00742. The van der Waals surface area contributed by atoms with Crippen molar-refractivity contribution in [2.45, 2.75) is 12.2 Å². The van der Waals surface area contributed by atoms with Gasteiger partial charge in [-0.15, -0.1) is 18.3 Å². The van der Waals surface area contributed by atoms with Crippen LogP contribution in [0.4, 0.5) is 4.79 Å². The van der Waals surface area contributed by atoms with Crippen LogP contribution in [0.1, 0.15) is 6.92 Å². The molecule has 6 heteroatoms. The Morgan fingerprint density at radius 1 is 1.60 bits per heavy atom. The number of carbonyl (C=O) groups is 2. The van der Waals surface area contributed by atoms with Crippen molar-refractivity contribution < 1.29 is 14.7 Å². The van der Waals surface area contributed by atoms with Crippen molar-refractivity contribution in [2.24, 2.45) is 0 Å². The highest BCUT2D eigenvalue weighted by atomic mass is 32.2. The number of hydrogen-bond donors (Lipinski definition) is 3. The number of nitrogens with one attached hydrogen (secondary N) is 2. The van der Waals surface area contributed by atoms with Gasteiger partial charge < -0.3 is 10.4 Å². The Hall–Kier alpha value is -1.01. The summed E-state index contributed by atoms with van der Waals surface area (Å²) in [4.78, 5) is 22.1. The summed E-state index contributed by atoms with van der Waals surface area (Å²) in [5.41, 5.74) is 0. The number of aliphatic hydroxyl groups is 1. The Bertz CT molecular complexity index is 233. The molecular formula is C9H16N2O3S. The number of thioether (sulfide) groups is 1. The van der Waals surface area contributed by atoms with Gasteiger partial charge in [-0.1, -0.05) is 13.0 Å². The number of imide groups is 1. The first-order valence-corrected chi connectivity index (χ1v) is 5.56. The minimum Gasteiger partial charge on any atom is -0.395 e. The van der Waals surface area contributed by atoms with E-state index in [1.165, 1.54) is 17.8 Å². The second-order valence-corrected chi connectivity index (χ2v) is 4.28. The summed E-state index contributed by atoms with van der Waals surface area (Å²) in [7, 11) is 0. The molecule has 1 unspecified atom stereocenters. The molecule has 5 nitrogen and oxygen atoms in total. The fourth-order valence-corrected chi connectivity index (χ4v) is 1.26. The van der Waals surface area contributed by atoms with Crippen molar-refractivity contribution in [2.75, 3.05) is 18.9 Å². The van der Waals surface area contributed by atoms with Gasteiger partial charge >= 0.3 is 6.03 Å². The molecule has 0 bridgehead atoms. The molecule has 0 aliphatic carbocycles. The van der Waals surface area contributed by atoms with Gasteiger partial charge in [0.2, 0.25) is 5.91 Å². The smallest absolute Gasteiger partial charge is 0.321 e. The van der Waals surface area contributed by atoms with E-state index in [-0.39, 0.29) is 23.5 Å². The van der Waals surface area contributed by atoms with Crippen molar-refractivity contribution in [3.8, 4) is 0 Å². The van der Waals surface area contributed by atoms with Gasteiger partial charge in [0.15, 0.2) is 0 Å². The van der Waals surface area contributed by atoms with E-state index in [2.05, 4.69) is 17.2 Å². The highest BCUT2D eigenvalue weighted by molar-refractivity contribution is 8.00. The van der Waals surface area contributed by atoms with E-state index in [4.69, 9.17) is 5.11 Å². The van der Waals surface area contributed by atoms with Gasteiger partial charge in [0.05, 0.1) is 12.4 Å². The largest absolute Gasteiger partial charge is 0.395 e. The third-order valence-electron chi connectivity index (χ3n) is 1.42. The van der Waals surface area contributed by atoms with Crippen LogP contribution in [0.3, 0.4) is 0 Å². The van der Waals surface area contributed by atoms with Gasteiger partial charge in [-0.2, -0.15) is 0 Å². The van der Waals surface area contributed by atoms with Crippen LogP contribution in [0.2, 0.25) is 0 Å². The lowest BCUT2D eigenvalue weighted by atomic mass is 10.5. The maximum Gasteiger partial charge on any atom is 0.321 e. The first kappa shape index (κ1) is 14.0. The predicted molar refractivity (Wildman–Crippen MR) is 60.7 cm³/mol. The van der Waals surface area contributed by atoms with Gasteiger partial charge in [0, 0.05) is 11.8 Å². The van der Waals surface area contributed by atoms with Crippen molar-refractivity contribution in [3.63, 3.8) is 0 Å². The minimum atomic E-state index is -0.530. The molecule has 0 spiro atoms. The average molecular weight is 232 g/mol. The maximum absolute atomic E-state index is 11.1. The molecule has 0 aliphatic rings.